The summed E-state index contributed by atoms with van der Waals surface area (Å²) in [6, 6.07) is 15.3. The van der Waals surface area contributed by atoms with Crippen LogP contribution in [0.5, 0.6) is 0 Å². The van der Waals surface area contributed by atoms with Crippen LogP contribution in [0.2, 0.25) is 5.02 Å². The quantitative estimate of drug-likeness (QED) is 0.396. The summed E-state index contributed by atoms with van der Waals surface area (Å²) in [6.07, 6.45) is 6.70. The SMILES string of the molecule is Fc1ccc(Cl)cc1-c1cc(Nc2ccnc(-c3cccnc3)n2)c2cccnc2n1. The highest BCUT2D eigenvalue weighted by Crippen LogP contribution is 2.32. The van der Waals surface area contributed by atoms with Crippen LogP contribution in [0.1, 0.15) is 0 Å². The minimum absolute atomic E-state index is 0.293. The average Bonchev–Trinajstić information content (AvgIpc) is 2.81. The topological polar surface area (TPSA) is 76.5 Å². The van der Waals surface area contributed by atoms with Crippen molar-refractivity contribution >= 4 is 34.1 Å². The highest BCUT2D eigenvalue weighted by Gasteiger charge is 2.13. The number of nitrogens with one attached hydrogen (secondary N) is 1. The van der Waals surface area contributed by atoms with Crippen LogP contribution in [0, 0.1) is 5.82 Å². The van der Waals surface area contributed by atoms with Crippen LogP contribution < -0.4 is 5.32 Å². The van der Waals surface area contributed by atoms with Gasteiger partial charge < -0.3 is 5.32 Å². The predicted molar refractivity (Wildman–Crippen MR) is 118 cm³/mol. The molecule has 1 aromatic carbocycles. The van der Waals surface area contributed by atoms with Crippen molar-refractivity contribution in [3.05, 3.63) is 90.2 Å². The van der Waals surface area contributed by atoms with E-state index in [2.05, 4.69) is 30.2 Å². The van der Waals surface area contributed by atoms with E-state index in [4.69, 9.17) is 11.6 Å². The molecule has 4 aromatic heterocycles. The highest BCUT2D eigenvalue weighted by molar-refractivity contribution is 6.30. The second-order valence-corrected chi connectivity index (χ2v) is 7.12. The van der Waals surface area contributed by atoms with Crippen molar-refractivity contribution in [1.82, 2.24) is 24.9 Å². The van der Waals surface area contributed by atoms with Crippen molar-refractivity contribution in [2.45, 2.75) is 0 Å². The number of aromatic nitrogens is 5. The summed E-state index contributed by atoms with van der Waals surface area (Å²) in [5, 5.41) is 4.49. The van der Waals surface area contributed by atoms with Gasteiger partial charge >= 0.3 is 0 Å². The van der Waals surface area contributed by atoms with Crippen LogP contribution in [0.25, 0.3) is 33.7 Å². The summed E-state index contributed by atoms with van der Waals surface area (Å²) in [4.78, 5) is 21.9. The normalized spacial score (nSPS) is 10.9. The minimum atomic E-state index is -0.418. The van der Waals surface area contributed by atoms with E-state index in [9.17, 15) is 4.39 Å². The first kappa shape index (κ1) is 19.0. The van der Waals surface area contributed by atoms with Crippen LogP contribution >= 0.6 is 11.6 Å². The molecule has 0 aliphatic carbocycles. The van der Waals surface area contributed by atoms with Crippen molar-refractivity contribution in [3.8, 4) is 22.6 Å². The number of benzene rings is 1. The van der Waals surface area contributed by atoms with Crippen molar-refractivity contribution in [1.29, 1.82) is 0 Å². The zero-order valence-electron chi connectivity index (χ0n) is 16.0. The summed E-state index contributed by atoms with van der Waals surface area (Å²) < 4.78 is 14.5. The second kappa shape index (κ2) is 8.04. The molecule has 1 N–H and O–H groups in total. The fraction of sp³-hybridized carbons (Fsp3) is 0. The van der Waals surface area contributed by atoms with E-state index in [0.717, 1.165) is 10.9 Å². The number of halogens is 2. The fourth-order valence-electron chi connectivity index (χ4n) is 3.19. The molecule has 8 heteroatoms. The Bertz CT molecular complexity index is 1390. The van der Waals surface area contributed by atoms with Crippen LogP contribution in [-0.4, -0.2) is 24.9 Å². The van der Waals surface area contributed by atoms with Gasteiger partial charge in [0.1, 0.15) is 11.6 Å². The molecule has 0 fully saturated rings. The second-order valence-electron chi connectivity index (χ2n) is 6.69. The van der Waals surface area contributed by atoms with Gasteiger partial charge in [-0.15, -0.1) is 0 Å². The number of fused-ring (bicyclic) bond motifs is 1. The van der Waals surface area contributed by atoms with Gasteiger partial charge in [-0.1, -0.05) is 11.6 Å². The first-order chi connectivity index (χ1) is 15.2. The van der Waals surface area contributed by atoms with Crippen LogP contribution in [-0.2, 0) is 0 Å². The highest BCUT2D eigenvalue weighted by atomic mass is 35.5. The molecule has 0 atom stereocenters. The van der Waals surface area contributed by atoms with Crippen molar-refractivity contribution in [3.63, 3.8) is 0 Å². The number of hydrogen-bond donors (Lipinski definition) is 1. The molecule has 150 valence electrons. The standard InChI is InChI=1S/C23H14ClFN6/c24-15-5-6-18(25)17(11-15)20-12-19(16-4-2-9-27-23(16)30-20)29-21-7-10-28-22(31-21)14-3-1-8-26-13-14/h1-13H,(H,27,28,29,30,31). The van der Waals surface area contributed by atoms with Gasteiger partial charge in [-0.3, -0.25) is 4.98 Å². The molecule has 0 aliphatic rings. The third kappa shape index (κ3) is 3.91. The summed E-state index contributed by atoms with van der Waals surface area (Å²) in [5.41, 5.74) is 2.66. The zero-order valence-corrected chi connectivity index (χ0v) is 16.8. The monoisotopic (exact) mass is 428 g/mol. The summed E-state index contributed by atoms with van der Waals surface area (Å²) in [5.74, 6) is 0.692. The van der Waals surface area contributed by atoms with E-state index in [-0.39, 0.29) is 0 Å². The van der Waals surface area contributed by atoms with E-state index in [1.54, 1.807) is 43.0 Å². The molecule has 0 amide bonds. The minimum Gasteiger partial charge on any atom is -0.339 e. The van der Waals surface area contributed by atoms with Gasteiger partial charge in [0.2, 0.25) is 0 Å². The fourth-order valence-corrected chi connectivity index (χ4v) is 3.36. The third-order valence-corrected chi connectivity index (χ3v) is 4.86. The number of nitrogens with zero attached hydrogens (tertiary/aromatic N) is 5. The maximum absolute atomic E-state index is 14.5. The third-order valence-electron chi connectivity index (χ3n) is 4.63. The molecule has 0 saturated carbocycles. The number of anilines is 2. The van der Waals surface area contributed by atoms with E-state index in [0.29, 0.717) is 39.3 Å². The summed E-state index contributed by atoms with van der Waals surface area (Å²) in [7, 11) is 0. The Balaban J connectivity index is 1.61. The number of hydrogen-bond acceptors (Lipinski definition) is 6. The van der Waals surface area contributed by atoms with Gasteiger partial charge in [0, 0.05) is 46.3 Å². The first-order valence-electron chi connectivity index (χ1n) is 9.39. The Hall–Kier alpha value is -3.97. The van der Waals surface area contributed by atoms with Crippen LogP contribution in [0.3, 0.4) is 0 Å². The van der Waals surface area contributed by atoms with Crippen molar-refractivity contribution in [2.75, 3.05) is 5.32 Å². The molecule has 0 spiro atoms. The predicted octanol–water partition coefficient (Wildman–Crippen LogP) is 5.68. The smallest absolute Gasteiger partial charge is 0.163 e. The average molecular weight is 429 g/mol. The largest absolute Gasteiger partial charge is 0.339 e. The lowest BCUT2D eigenvalue weighted by atomic mass is 10.1. The molecular formula is C23H14ClFN6. The molecule has 0 unspecified atom stereocenters. The summed E-state index contributed by atoms with van der Waals surface area (Å²) >= 11 is 6.08. The maximum Gasteiger partial charge on any atom is 0.163 e. The lowest BCUT2D eigenvalue weighted by molar-refractivity contribution is 0.631. The molecule has 0 bridgehead atoms. The van der Waals surface area contributed by atoms with Gasteiger partial charge in [-0.25, -0.2) is 24.3 Å². The van der Waals surface area contributed by atoms with Crippen LogP contribution in [0.15, 0.2) is 79.4 Å². The Kier molecular flexibility index (Phi) is 4.93. The molecule has 0 aliphatic heterocycles. The molecule has 0 saturated heterocycles. The van der Waals surface area contributed by atoms with E-state index < -0.39 is 5.82 Å². The Labute approximate surface area is 181 Å². The zero-order chi connectivity index (χ0) is 21.2. The summed E-state index contributed by atoms with van der Waals surface area (Å²) in [6.45, 7) is 0. The van der Waals surface area contributed by atoms with Crippen molar-refractivity contribution in [2.24, 2.45) is 0 Å². The Morgan fingerprint density at radius 3 is 2.65 bits per heavy atom. The molecule has 5 rings (SSSR count). The molecular weight excluding hydrogens is 415 g/mol. The van der Waals surface area contributed by atoms with Gasteiger partial charge in [0.05, 0.1) is 11.4 Å². The molecule has 6 nitrogen and oxygen atoms in total. The Morgan fingerprint density at radius 2 is 1.77 bits per heavy atom. The van der Waals surface area contributed by atoms with Gasteiger partial charge in [0.25, 0.3) is 0 Å². The Morgan fingerprint density at radius 1 is 0.871 bits per heavy atom. The van der Waals surface area contributed by atoms with Crippen LogP contribution in [0.4, 0.5) is 15.9 Å². The lowest BCUT2D eigenvalue weighted by Crippen LogP contribution is -2.00. The lowest BCUT2D eigenvalue weighted by Gasteiger charge is -2.12. The first-order valence-corrected chi connectivity index (χ1v) is 9.77. The van der Waals surface area contributed by atoms with Gasteiger partial charge in [0.15, 0.2) is 11.5 Å². The van der Waals surface area contributed by atoms with E-state index in [1.165, 1.54) is 12.1 Å². The van der Waals surface area contributed by atoms with Crippen molar-refractivity contribution < 1.29 is 4.39 Å². The number of rotatable bonds is 4. The van der Waals surface area contributed by atoms with E-state index in [1.807, 2.05) is 24.3 Å². The van der Waals surface area contributed by atoms with Gasteiger partial charge in [-0.05, 0) is 54.6 Å². The molecule has 0 radical (unpaired) electrons. The molecule has 5 aromatic rings. The van der Waals surface area contributed by atoms with Gasteiger partial charge in [-0.2, -0.15) is 0 Å². The van der Waals surface area contributed by atoms with E-state index >= 15 is 0 Å². The maximum atomic E-state index is 14.5. The number of pyridine rings is 3. The molecule has 4 heterocycles. The molecule has 31 heavy (non-hydrogen) atoms.